The van der Waals surface area contributed by atoms with E-state index >= 15 is 0 Å². The van der Waals surface area contributed by atoms with Gasteiger partial charge in [0.05, 0.1) is 10.4 Å². The monoisotopic (exact) mass is 288 g/mol. The molecule has 100 valence electrons. The molecular weight excluding hydrogens is 272 g/mol. The van der Waals surface area contributed by atoms with Crippen molar-refractivity contribution in [3.63, 3.8) is 0 Å². The standard InChI is InChI=1S/C12H17ClN2O2S/c13-11-4-3-10(18-11)5-6-14-12(16)15-8-9-2-1-7-17-9/h3-4,9H,1-2,5-8H2,(H2,14,15,16)/t9-/m0/s1. The van der Waals surface area contributed by atoms with Gasteiger partial charge in [0.25, 0.3) is 0 Å². The first kappa shape index (κ1) is 13.6. The van der Waals surface area contributed by atoms with Crippen molar-refractivity contribution in [1.82, 2.24) is 10.6 Å². The van der Waals surface area contributed by atoms with Gasteiger partial charge in [-0.3, -0.25) is 0 Å². The molecule has 1 aliphatic rings. The van der Waals surface area contributed by atoms with Crippen LogP contribution in [0.25, 0.3) is 0 Å². The number of hydrogen-bond donors (Lipinski definition) is 2. The van der Waals surface area contributed by atoms with Crippen molar-refractivity contribution in [2.45, 2.75) is 25.4 Å². The Kier molecular flexibility index (Phi) is 5.28. The fraction of sp³-hybridized carbons (Fsp3) is 0.583. The first-order chi connectivity index (χ1) is 8.74. The molecule has 2 N–H and O–H groups in total. The summed E-state index contributed by atoms with van der Waals surface area (Å²) in [5, 5.41) is 5.64. The van der Waals surface area contributed by atoms with Crippen LogP contribution in [0.1, 0.15) is 17.7 Å². The summed E-state index contributed by atoms with van der Waals surface area (Å²) in [4.78, 5) is 12.7. The Morgan fingerprint density at radius 3 is 3.06 bits per heavy atom. The van der Waals surface area contributed by atoms with Crippen molar-refractivity contribution >= 4 is 29.0 Å². The number of hydrogen-bond acceptors (Lipinski definition) is 3. The summed E-state index contributed by atoms with van der Waals surface area (Å²) in [6.45, 7) is 2.03. The van der Waals surface area contributed by atoms with Crippen molar-refractivity contribution in [3.05, 3.63) is 21.3 Å². The molecule has 4 nitrogen and oxygen atoms in total. The second-order valence-corrected chi connectivity index (χ2v) is 6.03. The third-order valence-electron chi connectivity index (χ3n) is 2.80. The fourth-order valence-electron chi connectivity index (χ4n) is 1.86. The highest BCUT2D eigenvalue weighted by Crippen LogP contribution is 2.21. The largest absolute Gasteiger partial charge is 0.376 e. The maximum atomic E-state index is 11.5. The van der Waals surface area contributed by atoms with Gasteiger partial charge in [-0.15, -0.1) is 11.3 Å². The molecule has 2 heterocycles. The van der Waals surface area contributed by atoms with Crippen LogP contribution in [0.5, 0.6) is 0 Å². The van der Waals surface area contributed by atoms with Gasteiger partial charge < -0.3 is 15.4 Å². The molecule has 0 saturated carbocycles. The second-order valence-electron chi connectivity index (χ2n) is 4.23. The van der Waals surface area contributed by atoms with E-state index < -0.39 is 0 Å². The Bertz CT molecular complexity index is 391. The van der Waals surface area contributed by atoms with E-state index in [2.05, 4.69) is 10.6 Å². The van der Waals surface area contributed by atoms with Gasteiger partial charge in [0.15, 0.2) is 0 Å². The molecule has 1 aromatic heterocycles. The van der Waals surface area contributed by atoms with Crippen molar-refractivity contribution in [2.24, 2.45) is 0 Å². The van der Waals surface area contributed by atoms with Crippen LogP contribution in [0.15, 0.2) is 12.1 Å². The molecule has 2 rings (SSSR count). The summed E-state index contributed by atoms with van der Waals surface area (Å²) >= 11 is 7.38. The first-order valence-electron chi connectivity index (χ1n) is 6.11. The molecule has 6 heteroatoms. The topological polar surface area (TPSA) is 50.4 Å². The predicted molar refractivity (Wildman–Crippen MR) is 73.4 cm³/mol. The first-order valence-corrected chi connectivity index (χ1v) is 7.31. The second kappa shape index (κ2) is 6.97. The number of amides is 2. The van der Waals surface area contributed by atoms with Crippen LogP contribution in [0, 0.1) is 0 Å². The number of ether oxygens (including phenoxy) is 1. The van der Waals surface area contributed by atoms with Crippen LogP contribution in [-0.2, 0) is 11.2 Å². The van der Waals surface area contributed by atoms with E-state index in [1.807, 2.05) is 12.1 Å². The zero-order chi connectivity index (χ0) is 12.8. The van der Waals surface area contributed by atoms with Crippen LogP contribution in [0.3, 0.4) is 0 Å². The molecule has 18 heavy (non-hydrogen) atoms. The van der Waals surface area contributed by atoms with E-state index in [0.717, 1.165) is 30.2 Å². The van der Waals surface area contributed by atoms with E-state index in [-0.39, 0.29) is 12.1 Å². The zero-order valence-electron chi connectivity index (χ0n) is 10.1. The molecular formula is C12H17ClN2O2S. The molecule has 1 aromatic rings. The SMILES string of the molecule is O=C(NCCc1ccc(Cl)s1)NC[C@@H]1CCCO1. The molecule has 0 bridgehead atoms. The van der Waals surface area contributed by atoms with E-state index in [1.54, 1.807) is 11.3 Å². The molecule has 1 atom stereocenters. The van der Waals surface area contributed by atoms with Gasteiger partial charge in [0.2, 0.25) is 0 Å². The lowest BCUT2D eigenvalue weighted by Crippen LogP contribution is -2.40. The molecule has 0 spiro atoms. The number of carbonyl (C=O) groups excluding carboxylic acids is 1. The van der Waals surface area contributed by atoms with Gasteiger partial charge in [-0.2, -0.15) is 0 Å². The number of carbonyl (C=O) groups is 1. The molecule has 0 unspecified atom stereocenters. The van der Waals surface area contributed by atoms with Gasteiger partial charge >= 0.3 is 6.03 Å². The van der Waals surface area contributed by atoms with E-state index in [4.69, 9.17) is 16.3 Å². The Hall–Kier alpha value is -0.780. The van der Waals surface area contributed by atoms with Gasteiger partial charge in [0, 0.05) is 24.6 Å². The van der Waals surface area contributed by atoms with E-state index in [9.17, 15) is 4.79 Å². The molecule has 2 amide bonds. The lowest BCUT2D eigenvalue weighted by Gasteiger charge is -2.11. The average Bonchev–Trinajstić information content (AvgIpc) is 2.98. The molecule has 1 saturated heterocycles. The number of rotatable bonds is 5. The lowest BCUT2D eigenvalue weighted by molar-refractivity contribution is 0.111. The van der Waals surface area contributed by atoms with E-state index in [1.165, 1.54) is 4.88 Å². The number of thiophene rings is 1. The van der Waals surface area contributed by atoms with Crippen LogP contribution in [-0.4, -0.2) is 31.8 Å². The number of urea groups is 1. The van der Waals surface area contributed by atoms with Crippen molar-refractivity contribution in [3.8, 4) is 0 Å². The Labute approximate surface area is 116 Å². The Morgan fingerprint density at radius 2 is 2.39 bits per heavy atom. The quantitative estimate of drug-likeness (QED) is 0.874. The predicted octanol–water partition coefficient (Wildman–Crippen LogP) is 2.42. The highest BCUT2D eigenvalue weighted by atomic mass is 35.5. The molecule has 1 aliphatic heterocycles. The van der Waals surface area contributed by atoms with Crippen LogP contribution in [0.2, 0.25) is 4.34 Å². The maximum Gasteiger partial charge on any atom is 0.314 e. The molecule has 0 aliphatic carbocycles. The highest BCUT2D eigenvalue weighted by molar-refractivity contribution is 7.16. The van der Waals surface area contributed by atoms with Crippen molar-refractivity contribution in [1.29, 1.82) is 0 Å². The highest BCUT2D eigenvalue weighted by Gasteiger charge is 2.15. The van der Waals surface area contributed by atoms with Gasteiger partial charge in [-0.05, 0) is 31.4 Å². The smallest absolute Gasteiger partial charge is 0.314 e. The fourth-order valence-corrected chi connectivity index (χ4v) is 2.95. The summed E-state index contributed by atoms with van der Waals surface area (Å²) in [6, 6.07) is 3.73. The van der Waals surface area contributed by atoms with Gasteiger partial charge in [-0.25, -0.2) is 4.79 Å². The molecule has 1 fully saturated rings. The maximum absolute atomic E-state index is 11.5. The minimum absolute atomic E-state index is 0.131. The minimum Gasteiger partial charge on any atom is -0.376 e. The van der Waals surface area contributed by atoms with Gasteiger partial charge in [-0.1, -0.05) is 11.6 Å². The van der Waals surface area contributed by atoms with Crippen molar-refractivity contribution in [2.75, 3.05) is 19.7 Å². The number of halogens is 1. The van der Waals surface area contributed by atoms with E-state index in [0.29, 0.717) is 13.1 Å². The molecule has 0 aromatic carbocycles. The summed E-state index contributed by atoms with van der Waals surface area (Å²) < 4.78 is 6.21. The van der Waals surface area contributed by atoms with Crippen LogP contribution in [0.4, 0.5) is 4.79 Å². The normalized spacial score (nSPS) is 18.8. The van der Waals surface area contributed by atoms with Crippen LogP contribution < -0.4 is 10.6 Å². The van der Waals surface area contributed by atoms with Crippen LogP contribution >= 0.6 is 22.9 Å². The zero-order valence-corrected chi connectivity index (χ0v) is 11.6. The van der Waals surface area contributed by atoms with Crippen molar-refractivity contribution < 1.29 is 9.53 Å². The number of nitrogens with one attached hydrogen (secondary N) is 2. The Morgan fingerprint density at radius 1 is 1.50 bits per heavy atom. The average molecular weight is 289 g/mol. The minimum atomic E-state index is -0.131. The summed E-state index contributed by atoms with van der Waals surface area (Å²) in [5.41, 5.74) is 0. The van der Waals surface area contributed by atoms with Gasteiger partial charge in [0.1, 0.15) is 0 Å². The Balaban J connectivity index is 1.57. The third-order valence-corrected chi connectivity index (χ3v) is 4.09. The third kappa shape index (κ3) is 4.48. The summed E-state index contributed by atoms with van der Waals surface area (Å²) in [5.74, 6) is 0. The molecule has 0 radical (unpaired) electrons. The summed E-state index contributed by atoms with van der Waals surface area (Å²) in [7, 11) is 0. The lowest BCUT2D eigenvalue weighted by atomic mass is 10.2. The summed E-state index contributed by atoms with van der Waals surface area (Å²) in [6.07, 6.45) is 3.12.